The van der Waals surface area contributed by atoms with Crippen molar-refractivity contribution in [2.24, 2.45) is 0 Å². The average Bonchev–Trinajstić information content (AvgIpc) is 2.74. The van der Waals surface area contributed by atoms with Crippen LogP contribution in [0.5, 0.6) is 0 Å². The highest BCUT2D eigenvalue weighted by atomic mass is 35.5. The maximum atomic E-state index is 13.1. The number of carbonyl (C=O) groups excluding carboxylic acids is 1. The molecule has 7 heteroatoms. The van der Waals surface area contributed by atoms with Gasteiger partial charge >= 0.3 is 0 Å². The van der Waals surface area contributed by atoms with Crippen LogP contribution in [-0.2, 0) is 15.4 Å². The van der Waals surface area contributed by atoms with Gasteiger partial charge in [0.1, 0.15) is 0 Å². The number of halogens is 1. The number of benzene rings is 3. The zero-order valence-corrected chi connectivity index (χ0v) is 18.9. The molecule has 31 heavy (non-hydrogen) atoms. The Morgan fingerprint density at radius 2 is 1.68 bits per heavy atom. The number of ketones is 1. The van der Waals surface area contributed by atoms with Gasteiger partial charge in [-0.25, -0.2) is 8.42 Å². The molecule has 0 fully saturated rings. The number of nitrogens with zero attached hydrogens (tertiary/aromatic N) is 1. The van der Waals surface area contributed by atoms with Gasteiger partial charge < -0.3 is 0 Å². The number of nitrogens with one attached hydrogen (secondary N) is 1. The molecule has 3 aromatic carbocycles. The van der Waals surface area contributed by atoms with Gasteiger partial charge in [-0.05, 0) is 53.4 Å². The van der Waals surface area contributed by atoms with Crippen molar-refractivity contribution >= 4 is 33.1 Å². The van der Waals surface area contributed by atoms with E-state index in [9.17, 15) is 13.2 Å². The molecule has 0 saturated carbocycles. The zero-order chi connectivity index (χ0) is 22.8. The lowest BCUT2D eigenvalue weighted by atomic mass is 9.87. The molecule has 158 valence electrons. The van der Waals surface area contributed by atoms with Crippen molar-refractivity contribution in [3.05, 3.63) is 94.0 Å². The standard InChI is InChI=1S/C24H21ClN2O3S/c1-24(2,3)18-7-10-20(11-8-18)31(29,30)27-22-12-9-19(25)14-21(22)23(28)17-6-4-5-16(13-17)15-26/h4-14,27H,1-3H3. The first-order chi connectivity index (χ1) is 14.5. The molecule has 0 aliphatic rings. The SMILES string of the molecule is CC(C)(C)c1ccc(S(=O)(=O)Nc2ccc(Cl)cc2C(=O)c2cccc(C#N)c2)cc1. The van der Waals surface area contributed by atoms with E-state index in [1.165, 1.54) is 36.4 Å². The van der Waals surface area contributed by atoms with Crippen LogP contribution in [0.1, 0.15) is 47.8 Å². The number of sulfonamides is 1. The molecule has 0 spiro atoms. The van der Waals surface area contributed by atoms with E-state index in [-0.39, 0.29) is 32.1 Å². The van der Waals surface area contributed by atoms with Crippen molar-refractivity contribution < 1.29 is 13.2 Å². The van der Waals surface area contributed by atoms with Crippen molar-refractivity contribution in [3.63, 3.8) is 0 Å². The van der Waals surface area contributed by atoms with E-state index < -0.39 is 15.8 Å². The predicted octanol–water partition coefficient (Wildman–Crippen LogP) is 5.54. The molecule has 5 nitrogen and oxygen atoms in total. The van der Waals surface area contributed by atoms with Crippen LogP contribution in [0.3, 0.4) is 0 Å². The molecule has 0 heterocycles. The topological polar surface area (TPSA) is 87.0 Å². The van der Waals surface area contributed by atoms with Gasteiger partial charge in [-0.2, -0.15) is 5.26 Å². The summed E-state index contributed by atoms with van der Waals surface area (Å²) in [5.41, 5.74) is 1.69. The van der Waals surface area contributed by atoms with E-state index in [1.807, 2.05) is 26.8 Å². The number of carbonyl (C=O) groups is 1. The number of rotatable bonds is 5. The Hall–Kier alpha value is -3.14. The van der Waals surface area contributed by atoms with Crippen LogP contribution in [0.2, 0.25) is 5.02 Å². The second-order valence-electron chi connectivity index (χ2n) is 8.09. The fourth-order valence-electron chi connectivity index (χ4n) is 3.02. The summed E-state index contributed by atoms with van der Waals surface area (Å²) in [6.45, 7) is 6.13. The van der Waals surface area contributed by atoms with E-state index in [1.54, 1.807) is 30.3 Å². The molecule has 0 amide bonds. The largest absolute Gasteiger partial charge is 0.289 e. The lowest BCUT2D eigenvalue weighted by Gasteiger charge is -2.19. The van der Waals surface area contributed by atoms with Crippen molar-refractivity contribution in [2.45, 2.75) is 31.1 Å². The Morgan fingerprint density at radius 3 is 2.29 bits per heavy atom. The molecule has 1 N–H and O–H groups in total. The molecule has 0 aliphatic carbocycles. The average molecular weight is 453 g/mol. The van der Waals surface area contributed by atoms with Gasteiger partial charge in [-0.3, -0.25) is 9.52 Å². The van der Waals surface area contributed by atoms with Crippen LogP contribution in [0.25, 0.3) is 0 Å². The Kier molecular flexibility index (Phi) is 6.21. The minimum atomic E-state index is -3.94. The van der Waals surface area contributed by atoms with Crippen molar-refractivity contribution in [3.8, 4) is 6.07 Å². The Bertz CT molecular complexity index is 1290. The smallest absolute Gasteiger partial charge is 0.261 e. The van der Waals surface area contributed by atoms with Gasteiger partial charge in [-0.1, -0.05) is 56.6 Å². The number of nitriles is 1. The summed E-state index contributed by atoms with van der Waals surface area (Å²) in [5, 5.41) is 9.38. The monoisotopic (exact) mass is 452 g/mol. The second kappa shape index (κ2) is 8.54. The quantitative estimate of drug-likeness (QED) is 0.515. The summed E-state index contributed by atoms with van der Waals surface area (Å²) in [4.78, 5) is 13.1. The number of anilines is 1. The van der Waals surface area contributed by atoms with Crippen molar-refractivity contribution in [1.82, 2.24) is 0 Å². The van der Waals surface area contributed by atoms with Crippen LogP contribution in [0.15, 0.2) is 71.6 Å². The fraction of sp³-hybridized carbons (Fsp3) is 0.167. The maximum Gasteiger partial charge on any atom is 0.261 e. The van der Waals surface area contributed by atoms with Gasteiger partial charge in [0.05, 0.1) is 22.2 Å². The summed E-state index contributed by atoms with van der Waals surface area (Å²) in [7, 11) is -3.94. The highest BCUT2D eigenvalue weighted by Gasteiger charge is 2.21. The Labute approximate surface area is 187 Å². The normalized spacial score (nSPS) is 11.6. The van der Waals surface area contributed by atoms with E-state index in [4.69, 9.17) is 16.9 Å². The zero-order valence-electron chi connectivity index (χ0n) is 17.3. The van der Waals surface area contributed by atoms with Crippen LogP contribution in [0.4, 0.5) is 5.69 Å². The molecule has 3 rings (SSSR count). The maximum absolute atomic E-state index is 13.1. The third kappa shape index (κ3) is 5.13. The molecular formula is C24H21ClN2O3S. The minimum Gasteiger partial charge on any atom is -0.289 e. The first-order valence-electron chi connectivity index (χ1n) is 9.49. The summed E-state index contributed by atoms with van der Waals surface area (Å²) >= 11 is 6.07. The predicted molar refractivity (Wildman–Crippen MR) is 122 cm³/mol. The highest BCUT2D eigenvalue weighted by Crippen LogP contribution is 2.28. The molecule has 0 saturated heterocycles. The van der Waals surface area contributed by atoms with E-state index in [0.29, 0.717) is 5.56 Å². The molecule has 0 radical (unpaired) electrons. The Balaban J connectivity index is 1.98. The first kappa shape index (κ1) is 22.5. The van der Waals surface area contributed by atoms with Crippen LogP contribution in [0, 0.1) is 11.3 Å². The van der Waals surface area contributed by atoms with Gasteiger partial charge in [0.25, 0.3) is 10.0 Å². The lowest BCUT2D eigenvalue weighted by molar-refractivity contribution is 0.103. The number of hydrogen-bond acceptors (Lipinski definition) is 4. The molecule has 0 unspecified atom stereocenters. The second-order valence-corrected chi connectivity index (χ2v) is 10.2. The molecular weight excluding hydrogens is 432 g/mol. The van der Waals surface area contributed by atoms with E-state index in [0.717, 1.165) is 5.56 Å². The summed E-state index contributed by atoms with van der Waals surface area (Å²) in [6.07, 6.45) is 0. The summed E-state index contributed by atoms with van der Waals surface area (Å²) < 4.78 is 28.4. The van der Waals surface area contributed by atoms with E-state index in [2.05, 4.69) is 4.72 Å². The molecule has 0 aliphatic heterocycles. The third-order valence-corrected chi connectivity index (χ3v) is 6.37. The van der Waals surface area contributed by atoms with Crippen molar-refractivity contribution in [1.29, 1.82) is 5.26 Å². The van der Waals surface area contributed by atoms with E-state index >= 15 is 0 Å². The van der Waals surface area contributed by atoms with Crippen LogP contribution in [-0.4, -0.2) is 14.2 Å². The minimum absolute atomic E-state index is 0.0836. The number of hydrogen-bond donors (Lipinski definition) is 1. The van der Waals surface area contributed by atoms with Crippen molar-refractivity contribution in [2.75, 3.05) is 4.72 Å². The summed E-state index contributed by atoms with van der Waals surface area (Å²) in [6, 6.07) is 19.2. The first-order valence-corrected chi connectivity index (χ1v) is 11.4. The van der Waals surface area contributed by atoms with Gasteiger partial charge in [0, 0.05) is 16.1 Å². The molecule has 0 bridgehead atoms. The molecule has 0 atom stereocenters. The third-order valence-electron chi connectivity index (χ3n) is 4.76. The highest BCUT2D eigenvalue weighted by molar-refractivity contribution is 7.92. The van der Waals surface area contributed by atoms with Gasteiger partial charge in [-0.15, -0.1) is 0 Å². The Morgan fingerprint density at radius 1 is 1.00 bits per heavy atom. The van der Waals surface area contributed by atoms with Crippen LogP contribution < -0.4 is 4.72 Å². The molecule has 3 aromatic rings. The summed E-state index contributed by atoms with van der Waals surface area (Å²) in [5.74, 6) is -0.444. The van der Waals surface area contributed by atoms with Gasteiger partial charge in [0.2, 0.25) is 0 Å². The fourth-order valence-corrected chi connectivity index (χ4v) is 4.27. The lowest BCUT2D eigenvalue weighted by Crippen LogP contribution is -2.17. The van der Waals surface area contributed by atoms with Crippen LogP contribution >= 0.6 is 11.6 Å². The van der Waals surface area contributed by atoms with Gasteiger partial charge in [0.15, 0.2) is 5.78 Å². The molecule has 0 aromatic heterocycles.